The maximum Gasteiger partial charge on any atom is 0.339 e. The van der Waals surface area contributed by atoms with Gasteiger partial charge in [0.1, 0.15) is 17.0 Å². The normalized spacial score (nSPS) is 12.0. The van der Waals surface area contributed by atoms with Gasteiger partial charge in [0.15, 0.2) is 0 Å². The number of hydrogen-bond donors (Lipinski definition) is 3. The predicted molar refractivity (Wildman–Crippen MR) is 162 cm³/mol. The highest BCUT2D eigenvalue weighted by atomic mass is 16.5. The van der Waals surface area contributed by atoms with Crippen LogP contribution in [-0.2, 0) is 22.4 Å². The molecule has 3 heterocycles. The lowest BCUT2D eigenvalue weighted by atomic mass is 9.95. The highest BCUT2D eigenvalue weighted by molar-refractivity contribution is 6.10. The molecule has 0 atom stereocenters. The van der Waals surface area contributed by atoms with Crippen molar-refractivity contribution >= 4 is 45.8 Å². The molecule has 0 unspecified atom stereocenters. The number of carbonyl (C=O) groups is 3. The number of phenols is 1. The number of aromatic hydroxyl groups is 1. The summed E-state index contributed by atoms with van der Waals surface area (Å²) in [7, 11) is 4.53. The number of fused-ring (bicyclic) bond motifs is 4. The number of nitrogens with one attached hydrogen (secondary N) is 1. The fourth-order valence-electron chi connectivity index (χ4n) is 4.85. The van der Waals surface area contributed by atoms with E-state index in [9.17, 15) is 19.5 Å². The number of likely N-dealkylation sites (N-methyl/N-ethyl adjacent to an activating group) is 1. The number of phenolic OH excluding ortho intramolecular Hbond substituents is 1. The van der Waals surface area contributed by atoms with E-state index in [-0.39, 0.29) is 17.2 Å². The van der Waals surface area contributed by atoms with Crippen LogP contribution in [0, 0.1) is 0 Å². The Hall–Kier alpha value is -4.44. The molecule has 41 heavy (non-hydrogen) atoms. The Morgan fingerprint density at radius 1 is 1.20 bits per heavy atom. The van der Waals surface area contributed by atoms with Gasteiger partial charge in [-0.1, -0.05) is 32.4 Å². The fourth-order valence-corrected chi connectivity index (χ4v) is 4.85. The van der Waals surface area contributed by atoms with E-state index in [1.165, 1.54) is 26.8 Å². The van der Waals surface area contributed by atoms with Gasteiger partial charge < -0.3 is 30.4 Å². The zero-order valence-corrected chi connectivity index (χ0v) is 24.4. The number of pyridine rings is 1. The minimum atomic E-state index is -0.515. The van der Waals surface area contributed by atoms with E-state index >= 15 is 0 Å². The summed E-state index contributed by atoms with van der Waals surface area (Å²) in [6, 6.07) is 10.9. The summed E-state index contributed by atoms with van der Waals surface area (Å²) in [6.45, 7) is 5.32. The topological polar surface area (TPSA) is 142 Å². The van der Waals surface area contributed by atoms with Crippen molar-refractivity contribution in [3.05, 3.63) is 65.0 Å². The Kier molecular flexibility index (Phi) is 10.8. The van der Waals surface area contributed by atoms with Gasteiger partial charge in [0, 0.05) is 48.7 Å². The summed E-state index contributed by atoms with van der Waals surface area (Å²) in [5.41, 5.74) is 8.95. The average Bonchev–Trinajstić information content (AvgIpc) is 3.45. The van der Waals surface area contributed by atoms with E-state index in [1.807, 2.05) is 24.3 Å². The van der Waals surface area contributed by atoms with Crippen molar-refractivity contribution in [3.8, 4) is 5.75 Å². The zero-order chi connectivity index (χ0) is 30.1. The number of methoxy groups -OCH3 is 1. The van der Waals surface area contributed by atoms with Gasteiger partial charge in [0.2, 0.25) is 6.41 Å². The molecule has 2 amide bonds. The van der Waals surface area contributed by atoms with Crippen molar-refractivity contribution < 1.29 is 24.2 Å². The van der Waals surface area contributed by atoms with Crippen LogP contribution in [0.5, 0.6) is 5.75 Å². The molecule has 2 aromatic carbocycles. The smallest absolute Gasteiger partial charge is 0.339 e. The highest BCUT2D eigenvalue weighted by Gasteiger charge is 2.28. The molecule has 5 rings (SSSR count). The summed E-state index contributed by atoms with van der Waals surface area (Å²) < 4.78 is 4.82. The number of benzene rings is 2. The average molecular weight is 562 g/mol. The lowest BCUT2D eigenvalue weighted by Gasteiger charge is -2.30. The number of rotatable bonds is 6. The highest BCUT2D eigenvalue weighted by Crippen LogP contribution is 2.39. The molecule has 4 N–H and O–H groups in total. The van der Waals surface area contributed by atoms with Crippen molar-refractivity contribution in [2.24, 2.45) is 5.73 Å². The van der Waals surface area contributed by atoms with Gasteiger partial charge in [0.25, 0.3) is 5.91 Å². The Bertz CT molecular complexity index is 1530. The van der Waals surface area contributed by atoms with Gasteiger partial charge in [-0.25, -0.2) is 4.79 Å². The summed E-state index contributed by atoms with van der Waals surface area (Å²) in [5.74, 6) is -0.782. The Balaban J connectivity index is 0.000000868. The Morgan fingerprint density at radius 2 is 1.93 bits per heavy atom. The molecule has 0 saturated carbocycles. The number of carbonyl (C=O) groups excluding carboxylic acids is 3. The van der Waals surface area contributed by atoms with E-state index in [4.69, 9.17) is 4.74 Å². The number of aromatic nitrogens is 2. The fraction of sp³-hybridized carbons (Fsp3) is 0.355. The van der Waals surface area contributed by atoms with Crippen molar-refractivity contribution in [1.29, 1.82) is 0 Å². The molecule has 0 fully saturated rings. The molecule has 10 nitrogen and oxygen atoms in total. The van der Waals surface area contributed by atoms with Crippen LogP contribution >= 0.6 is 0 Å². The molecule has 4 aromatic rings. The molecular weight excluding hydrogens is 522 g/mol. The summed E-state index contributed by atoms with van der Waals surface area (Å²) in [4.78, 5) is 47.5. The molecule has 1 aliphatic heterocycles. The third kappa shape index (κ3) is 6.66. The molecule has 0 saturated heterocycles. The second kappa shape index (κ2) is 14.3. The van der Waals surface area contributed by atoms with Crippen LogP contribution in [0.15, 0.2) is 42.6 Å². The van der Waals surface area contributed by atoms with Crippen LogP contribution in [0.25, 0.3) is 21.8 Å². The molecular formula is C31H39N5O5. The first kappa shape index (κ1) is 31.1. The number of esters is 1. The van der Waals surface area contributed by atoms with Crippen molar-refractivity contribution in [3.63, 3.8) is 0 Å². The predicted octanol–water partition coefficient (Wildman–Crippen LogP) is 4.42. The number of H-pyrrole nitrogens is 1. The minimum Gasteiger partial charge on any atom is -0.506 e. The number of aromatic amines is 1. The number of ether oxygens (including phenoxy) is 1. The number of aryl methyl sites for hydroxylation is 1. The molecule has 0 radical (unpaired) electrons. The minimum absolute atomic E-state index is 0.0573. The maximum atomic E-state index is 13.7. The number of hydrogen-bond acceptors (Lipinski definition) is 7. The summed E-state index contributed by atoms with van der Waals surface area (Å²) in [6.07, 6.45) is 5.50. The van der Waals surface area contributed by atoms with Crippen LogP contribution in [0.1, 0.15) is 58.7 Å². The van der Waals surface area contributed by atoms with Gasteiger partial charge in [-0.05, 0) is 55.6 Å². The van der Waals surface area contributed by atoms with Crippen LogP contribution in [0.2, 0.25) is 0 Å². The van der Waals surface area contributed by atoms with Crippen LogP contribution < -0.4 is 10.6 Å². The first-order chi connectivity index (χ1) is 19.8. The van der Waals surface area contributed by atoms with E-state index in [2.05, 4.69) is 29.5 Å². The summed E-state index contributed by atoms with van der Waals surface area (Å²) >= 11 is 0. The van der Waals surface area contributed by atoms with Gasteiger partial charge in [-0.3, -0.25) is 14.6 Å². The molecule has 1 aliphatic rings. The Labute approximate surface area is 240 Å². The molecule has 10 heteroatoms. The van der Waals surface area contributed by atoms with Gasteiger partial charge >= 0.3 is 5.97 Å². The Morgan fingerprint density at radius 3 is 2.61 bits per heavy atom. The first-order valence-electron chi connectivity index (χ1n) is 13.7. The quantitative estimate of drug-likeness (QED) is 0.234. The largest absolute Gasteiger partial charge is 0.506 e. The van der Waals surface area contributed by atoms with E-state index in [0.29, 0.717) is 48.2 Å². The van der Waals surface area contributed by atoms with Crippen molar-refractivity contribution in [2.45, 2.75) is 39.5 Å². The molecule has 0 aliphatic carbocycles. The van der Waals surface area contributed by atoms with Crippen LogP contribution in [0.4, 0.5) is 5.69 Å². The maximum absolute atomic E-state index is 13.7. The number of nitrogens with zero attached hydrogens (tertiary/aromatic N) is 3. The lowest BCUT2D eigenvalue weighted by molar-refractivity contribution is -0.116. The van der Waals surface area contributed by atoms with Gasteiger partial charge in [-0.2, -0.15) is 0 Å². The monoisotopic (exact) mass is 561 g/mol. The third-order valence-electron chi connectivity index (χ3n) is 6.70. The molecule has 218 valence electrons. The van der Waals surface area contributed by atoms with Gasteiger partial charge in [-0.15, -0.1) is 0 Å². The summed E-state index contributed by atoms with van der Waals surface area (Å²) in [5, 5.41) is 12.3. The second-order valence-corrected chi connectivity index (χ2v) is 9.67. The molecule has 0 spiro atoms. The van der Waals surface area contributed by atoms with E-state index < -0.39 is 5.97 Å². The number of anilines is 1. The van der Waals surface area contributed by atoms with Crippen molar-refractivity contribution in [1.82, 2.24) is 14.9 Å². The van der Waals surface area contributed by atoms with Gasteiger partial charge in [0.05, 0.1) is 18.4 Å². The van der Waals surface area contributed by atoms with E-state index in [0.717, 1.165) is 34.9 Å². The standard InChI is InChI=1S/C27H26N4O5.C3H8.CH5N/c1-30(15-32)10-8-16-5-3-7-21-19(16)12-22(29-21)26(34)31-9-4-6-18-20-11-17(27(35)36-2)14-28-25(20)24(33)13-23(18)31;1-3-2;1-2/h3,5,7,11-15,29,33H,4,6,8-10H2,1-2H3;3H2,1-2H3;2H2,1H3. The molecule has 2 aromatic heterocycles. The number of amides is 2. The zero-order valence-electron chi connectivity index (χ0n) is 24.4. The SMILES string of the molecule is CCC.CN.COC(=O)c1cnc2c(O)cc3c(c2c1)CCCN3C(=O)c1cc2c(CCN(C)C=O)cccc2[nH]1. The van der Waals surface area contributed by atoms with Crippen LogP contribution in [-0.4, -0.2) is 72.6 Å². The van der Waals surface area contributed by atoms with E-state index in [1.54, 1.807) is 29.0 Å². The van der Waals surface area contributed by atoms with Crippen molar-refractivity contribution in [2.75, 3.05) is 39.2 Å². The number of nitrogens with two attached hydrogens (primary N) is 1. The molecule has 0 bridgehead atoms. The third-order valence-corrected chi connectivity index (χ3v) is 6.70. The first-order valence-corrected chi connectivity index (χ1v) is 13.7. The van der Waals surface area contributed by atoms with Crippen LogP contribution in [0.3, 0.4) is 0 Å². The lowest BCUT2D eigenvalue weighted by Crippen LogP contribution is -2.35. The second-order valence-electron chi connectivity index (χ2n) is 9.67.